The number of carboxylic acid groups (broad SMARTS) is 1. The largest absolute Gasteiger partial charge is 0.480 e. The number of hydrogen-bond acceptors (Lipinski definition) is 3. The van der Waals surface area contributed by atoms with Gasteiger partial charge in [-0.1, -0.05) is 32.9 Å². The van der Waals surface area contributed by atoms with Gasteiger partial charge in [-0.2, -0.15) is 0 Å². The molecule has 6 heteroatoms. The summed E-state index contributed by atoms with van der Waals surface area (Å²) in [4.78, 5) is 22.1. The molecule has 5 nitrogen and oxygen atoms in total. The lowest BCUT2D eigenvalue weighted by Gasteiger charge is -2.32. The molecule has 1 aromatic carbocycles. The summed E-state index contributed by atoms with van der Waals surface area (Å²) < 4.78 is 17.7. The molecule has 0 aliphatic carbocycles. The van der Waals surface area contributed by atoms with Crippen LogP contribution in [0.5, 0.6) is 0 Å². The molecule has 116 valence electrons. The molecule has 0 saturated carbocycles. The van der Waals surface area contributed by atoms with Crippen LogP contribution in [-0.2, 0) is 14.3 Å². The molecule has 1 rings (SSSR count). The summed E-state index contributed by atoms with van der Waals surface area (Å²) >= 11 is 0. The fraction of sp³-hybridized carbons (Fsp3) is 0.467. The molecule has 0 aliphatic heterocycles. The minimum absolute atomic E-state index is 0.291. The van der Waals surface area contributed by atoms with Crippen molar-refractivity contribution in [1.29, 1.82) is 0 Å². The van der Waals surface area contributed by atoms with Gasteiger partial charge in [0.2, 0.25) is 5.91 Å². The lowest BCUT2D eigenvalue weighted by molar-refractivity contribution is -0.143. The minimum Gasteiger partial charge on any atom is -0.480 e. The number of amides is 1. The first-order chi connectivity index (χ1) is 9.70. The van der Waals surface area contributed by atoms with Gasteiger partial charge in [0, 0.05) is 0 Å². The molecule has 2 N–H and O–H groups in total. The van der Waals surface area contributed by atoms with Crippen LogP contribution in [0.2, 0.25) is 0 Å². The van der Waals surface area contributed by atoms with Gasteiger partial charge < -0.3 is 15.2 Å². The highest BCUT2D eigenvalue weighted by Gasteiger charge is 2.27. The predicted octanol–water partition coefficient (Wildman–Crippen LogP) is 2.13. The van der Waals surface area contributed by atoms with Crippen LogP contribution in [0.25, 0.3) is 0 Å². The number of hydrogen-bond donors (Lipinski definition) is 2. The molecule has 0 aromatic heterocycles. The third kappa shape index (κ3) is 5.91. The molecule has 0 heterocycles. The Kier molecular flexibility index (Phi) is 5.84. The molecular weight excluding hydrogens is 277 g/mol. The van der Waals surface area contributed by atoms with Gasteiger partial charge in [0.05, 0.1) is 6.04 Å². The summed E-state index contributed by atoms with van der Waals surface area (Å²) in [5, 5.41) is 11.2. The van der Waals surface area contributed by atoms with Gasteiger partial charge >= 0.3 is 5.97 Å². The van der Waals surface area contributed by atoms with E-state index in [-0.39, 0.29) is 23.9 Å². The Morgan fingerprint density at radius 3 is 2.29 bits per heavy atom. The number of carbonyl (C=O) groups excluding carboxylic acids is 1. The molecule has 0 radical (unpaired) electrons. The smallest absolute Gasteiger partial charge is 0.329 e. The van der Waals surface area contributed by atoms with Gasteiger partial charge in [-0.25, -0.2) is 9.18 Å². The van der Waals surface area contributed by atoms with Crippen LogP contribution in [0.15, 0.2) is 24.3 Å². The Hall–Kier alpha value is -1.95. The summed E-state index contributed by atoms with van der Waals surface area (Å²) in [6.07, 6.45) is 0. The quantitative estimate of drug-likeness (QED) is 0.843. The molecule has 21 heavy (non-hydrogen) atoms. The zero-order valence-corrected chi connectivity index (χ0v) is 12.4. The van der Waals surface area contributed by atoms with E-state index in [0.717, 1.165) is 5.56 Å². The Balaban J connectivity index is 2.73. The van der Waals surface area contributed by atoms with Crippen molar-refractivity contribution in [1.82, 2.24) is 5.32 Å². The average molecular weight is 297 g/mol. The van der Waals surface area contributed by atoms with E-state index >= 15 is 0 Å². The molecule has 1 atom stereocenters. The summed E-state index contributed by atoms with van der Waals surface area (Å²) in [7, 11) is 0. The number of carbonyl (C=O) groups is 2. The van der Waals surface area contributed by atoms with Gasteiger partial charge in [-0.3, -0.25) is 4.79 Å². The van der Waals surface area contributed by atoms with Crippen molar-refractivity contribution in [2.45, 2.75) is 26.8 Å². The topological polar surface area (TPSA) is 75.6 Å². The van der Waals surface area contributed by atoms with Crippen molar-refractivity contribution in [3.8, 4) is 0 Å². The Bertz CT molecular complexity index is 493. The second-order valence-corrected chi connectivity index (χ2v) is 5.80. The van der Waals surface area contributed by atoms with Crippen LogP contribution in [0.4, 0.5) is 4.39 Å². The molecule has 0 bridgehead atoms. The molecular formula is C15H20FNO4. The number of nitrogens with one attached hydrogen (secondary N) is 1. The van der Waals surface area contributed by atoms with Crippen LogP contribution < -0.4 is 5.32 Å². The van der Waals surface area contributed by atoms with Crippen molar-refractivity contribution < 1.29 is 23.8 Å². The molecule has 0 spiro atoms. The SMILES string of the molecule is CC(C)(C)C(NC(=O)COCC(=O)O)c1ccc(F)cc1. The fourth-order valence-electron chi connectivity index (χ4n) is 1.89. The molecule has 0 fully saturated rings. The molecule has 1 unspecified atom stereocenters. The first-order valence-corrected chi connectivity index (χ1v) is 6.54. The maximum absolute atomic E-state index is 13.0. The van der Waals surface area contributed by atoms with Gasteiger partial charge in [-0.15, -0.1) is 0 Å². The van der Waals surface area contributed by atoms with Gasteiger partial charge in [-0.05, 0) is 23.1 Å². The highest BCUT2D eigenvalue weighted by Crippen LogP contribution is 2.32. The van der Waals surface area contributed by atoms with Crippen molar-refractivity contribution in [3.05, 3.63) is 35.6 Å². The van der Waals surface area contributed by atoms with Gasteiger partial charge in [0.15, 0.2) is 0 Å². The maximum Gasteiger partial charge on any atom is 0.329 e. The van der Waals surface area contributed by atoms with E-state index in [1.165, 1.54) is 12.1 Å². The first-order valence-electron chi connectivity index (χ1n) is 6.54. The van der Waals surface area contributed by atoms with E-state index in [4.69, 9.17) is 9.84 Å². The van der Waals surface area contributed by atoms with Crippen molar-refractivity contribution >= 4 is 11.9 Å². The van der Waals surface area contributed by atoms with Crippen LogP contribution in [0.3, 0.4) is 0 Å². The van der Waals surface area contributed by atoms with E-state index in [1.807, 2.05) is 20.8 Å². The fourth-order valence-corrected chi connectivity index (χ4v) is 1.89. The monoisotopic (exact) mass is 297 g/mol. The number of benzene rings is 1. The first kappa shape index (κ1) is 17.1. The van der Waals surface area contributed by atoms with E-state index in [9.17, 15) is 14.0 Å². The number of carboxylic acids is 1. The number of halogens is 1. The maximum atomic E-state index is 13.0. The lowest BCUT2D eigenvalue weighted by atomic mass is 9.82. The zero-order valence-electron chi connectivity index (χ0n) is 12.4. The van der Waals surface area contributed by atoms with E-state index < -0.39 is 18.5 Å². The highest BCUT2D eigenvalue weighted by molar-refractivity contribution is 5.78. The molecule has 1 aromatic rings. The highest BCUT2D eigenvalue weighted by atomic mass is 19.1. The zero-order chi connectivity index (χ0) is 16.0. The standard InChI is InChI=1S/C15H20FNO4/c1-15(2,3)14(10-4-6-11(16)7-5-10)17-12(18)8-21-9-13(19)20/h4-7,14H,8-9H2,1-3H3,(H,17,18)(H,19,20). The van der Waals surface area contributed by atoms with Gasteiger partial charge in [0.1, 0.15) is 19.0 Å². The third-order valence-electron chi connectivity index (χ3n) is 2.83. The third-order valence-corrected chi connectivity index (χ3v) is 2.83. The van der Waals surface area contributed by atoms with Crippen LogP contribution in [-0.4, -0.2) is 30.2 Å². The number of rotatable bonds is 6. The van der Waals surface area contributed by atoms with Crippen LogP contribution in [0, 0.1) is 11.2 Å². The van der Waals surface area contributed by atoms with Crippen molar-refractivity contribution in [2.75, 3.05) is 13.2 Å². The molecule has 1 amide bonds. The second kappa shape index (κ2) is 7.17. The van der Waals surface area contributed by atoms with Gasteiger partial charge in [0.25, 0.3) is 0 Å². The van der Waals surface area contributed by atoms with Crippen LogP contribution >= 0.6 is 0 Å². The minimum atomic E-state index is -1.13. The lowest BCUT2D eigenvalue weighted by Crippen LogP contribution is -2.38. The summed E-state index contributed by atoms with van der Waals surface area (Å²) in [5.41, 5.74) is 0.482. The average Bonchev–Trinajstić information content (AvgIpc) is 2.35. The van der Waals surface area contributed by atoms with Crippen molar-refractivity contribution in [2.24, 2.45) is 5.41 Å². The number of aliphatic carboxylic acids is 1. The van der Waals surface area contributed by atoms with Crippen molar-refractivity contribution in [3.63, 3.8) is 0 Å². The van der Waals surface area contributed by atoms with E-state index in [0.29, 0.717) is 0 Å². The predicted molar refractivity (Wildman–Crippen MR) is 75.2 cm³/mol. The second-order valence-electron chi connectivity index (χ2n) is 5.80. The normalized spacial score (nSPS) is 12.8. The Morgan fingerprint density at radius 2 is 1.81 bits per heavy atom. The molecule has 0 saturated heterocycles. The Morgan fingerprint density at radius 1 is 1.24 bits per heavy atom. The van der Waals surface area contributed by atoms with E-state index in [2.05, 4.69) is 5.32 Å². The summed E-state index contributed by atoms with van der Waals surface area (Å²) in [6.45, 7) is 4.97. The summed E-state index contributed by atoms with van der Waals surface area (Å²) in [5.74, 6) is -1.89. The summed E-state index contributed by atoms with van der Waals surface area (Å²) in [6, 6.07) is 5.56. The van der Waals surface area contributed by atoms with Crippen LogP contribution in [0.1, 0.15) is 32.4 Å². The number of ether oxygens (including phenoxy) is 1. The van der Waals surface area contributed by atoms with E-state index in [1.54, 1.807) is 12.1 Å². The molecule has 0 aliphatic rings. The Labute approximate surface area is 123 Å².